The number of hydrogen-bond donors (Lipinski definition) is 2. The topological polar surface area (TPSA) is 90.3 Å². The first-order chi connectivity index (χ1) is 19.0. The van der Waals surface area contributed by atoms with E-state index in [1.807, 2.05) is 12.1 Å². The summed E-state index contributed by atoms with van der Waals surface area (Å²) in [7, 11) is 0. The van der Waals surface area contributed by atoms with Crippen LogP contribution in [0.3, 0.4) is 0 Å². The highest BCUT2D eigenvalue weighted by Gasteiger charge is 2.45. The number of nitrogens with one attached hydrogen (secondary N) is 2. The number of aromatic nitrogens is 1. The first kappa shape index (κ1) is 25.1. The fraction of sp³-hybridized carbons (Fsp3) is 0.581. The number of carbonyl (C=O) groups excluding carboxylic acids is 1. The lowest BCUT2D eigenvalue weighted by atomic mass is 9.75. The lowest BCUT2D eigenvalue weighted by molar-refractivity contribution is -0.124. The molecule has 1 saturated carbocycles. The van der Waals surface area contributed by atoms with E-state index in [1.54, 1.807) is 6.07 Å². The highest BCUT2D eigenvalue weighted by atomic mass is 19.1. The number of carbonyl (C=O) groups is 1. The molecule has 8 heteroatoms. The summed E-state index contributed by atoms with van der Waals surface area (Å²) >= 11 is 0. The minimum absolute atomic E-state index is 0.122. The van der Waals surface area contributed by atoms with Gasteiger partial charge in [-0.1, -0.05) is 18.2 Å². The Kier molecular flexibility index (Phi) is 6.42. The van der Waals surface area contributed by atoms with Crippen LogP contribution in [0.15, 0.2) is 30.3 Å². The number of likely N-dealkylation sites (tertiary alicyclic amines) is 1. The van der Waals surface area contributed by atoms with E-state index in [2.05, 4.69) is 27.7 Å². The Hall–Kier alpha value is -2.86. The summed E-state index contributed by atoms with van der Waals surface area (Å²) in [5, 5.41) is 15.9. The third-order valence-corrected chi connectivity index (χ3v) is 10.1. The molecule has 39 heavy (non-hydrogen) atoms. The number of hydrogen-bond acceptors (Lipinski definition) is 6. The summed E-state index contributed by atoms with van der Waals surface area (Å²) in [5.74, 6) is -0.170. The Morgan fingerprint density at radius 1 is 1.23 bits per heavy atom. The van der Waals surface area contributed by atoms with Gasteiger partial charge in [-0.2, -0.15) is 5.26 Å². The van der Waals surface area contributed by atoms with Crippen molar-refractivity contribution in [3.8, 4) is 17.3 Å². The van der Waals surface area contributed by atoms with Gasteiger partial charge in [-0.05, 0) is 87.2 Å². The molecule has 1 amide bonds. The summed E-state index contributed by atoms with van der Waals surface area (Å²) in [6.45, 7) is 3.87. The zero-order valence-corrected chi connectivity index (χ0v) is 22.3. The number of amides is 1. The number of aryl methyl sites for hydroxylation is 1. The van der Waals surface area contributed by atoms with Crippen LogP contribution >= 0.6 is 0 Å². The van der Waals surface area contributed by atoms with Gasteiger partial charge in [-0.25, -0.2) is 4.39 Å². The van der Waals surface area contributed by atoms with E-state index in [9.17, 15) is 10.1 Å². The van der Waals surface area contributed by atoms with Crippen molar-refractivity contribution in [1.82, 2.24) is 20.5 Å². The van der Waals surface area contributed by atoms with E-state index in [4.69, 9.17) is 9.72 Å². The molecule has 3 saturated heterocycles. The first-order valence-corrected chi connectivity index (χ1v) is 14.6. The van der Waals surface area contributed by atoms with Gasteiger partial charge in [0.15, 0.2) is 0 Å². The Labute approximate surface area is 229 Å². The molecule has 1 aromatic heterocycles. The Bertz CT molecular complexity index is 1310. The van der Waals surface area contributed by atoms with Crippen molar-refractivity contribution in [2.24, 2.45) is 5.92 Å². The van der Waals surface area contributed by atoms with Gasteiger partial charge in [-0.15, -0.1) is 0 Å². The summed E-state index contributed by atoms with van der Waals surface area (Å²) in [6, 6.07) is 11.5. The van der Waals surface area contributed by atoms with Crippen molar-refractivity contribution in [2.75, 3.05) is 26.3 Å². The second kappa shape index (κ2) is 9.96. The van der Waals surface area contributed by atoms with Crippen molar-refractivity contribution in [2.45, 2.75) is 80.9 Å². The number of piperidine rings is 2. The molecule has 204 valence electrons. The van der Waals surface area contributed by atoms with E-state index in [-0.39, 0.29) is 29.6 Å². The minimum atomic E-state index is -0.769. The van der Waals surface area contributed by atoms with E-state index in [1.165, 1.54) is 17.3 Å². The van der Waals surface area contributed by atoms with Crippen molar-refractivity contribution >= 4 is 5.91 Å². The molecule has 0 unspecified atom stereocenters. The number of pyridine rings is 1. The van der Waals surface area contributed by atoms with E-state index >= 15 is 4.39 Å². The summed E-state index contributed by atoms with van der Waals surface area (Å²) in [5.41, 5.74) is 4.62. The summed E-state index contributed by atoms with van der Waals surface area (Å²) < 4.78 is 20.7. The molecule has 7 rings (SSSR count). The number of halogens is 1. The molecule has 4 atom stereocenters. The van der Waals surface area contributed by atoms with Crippen molar-refractivity contribution in [1.29, 1.82) is 5.26 Å². The number of nitrogens with zero attached hydrogens (tertiary/aromatic N) is 3. The second-order valence-electron chi connectivity index (χ2n) is 12.3. The SMILES string of the molecule is N#C[C@H](Cc1ccc(-c2ccc3c(n2)C2(CC3)CCN(C3COC3)CC2)cc1F)NC(=O)[C@H]1N[C@@H]2CC[C@H]1C2. The fourth-order valence-electron chi connectivity index (χ4n) is 7.67. The highest BCUT2D eigenvalue weighted by Crippen LogP contribution is 2.46. The molecule has 2 bridgehead atoms. The van der Waals surface area contributed by atoms with Gasteiger partial charge < -0.3 is 15.4 Å². The number of rotatable bonds is 6. The largest absolute Gasteiger partial charge is 0.378 e. The predicted octanol–water partition coefficient (Wildman–Crippen LogP) is 3.26. The Morgan fingerprint density at radius 3 is 2.74 bits per heavy atom. The standard InChI is InChI=1S/C31H36FN5O2/c32-26-15-21(2-1-20(26)13-24(16-33)35-30(38)28-22-3-5-23(14-22)34-28)27-6-4-19-7-8-31(29(19)36-27)9-11-37(12-10-31)25-17-39-18-25/h1-2,4,6,15,22-25,28,34H,3,5,7-14,17-18H2,(H,35,38)/t22-,23+,24-,28-/m0/s1. The maximum absolute atomic E-state index is 15.3. The van der Waals surface area contributed by atoms with Crippen LogP contribution in [0.25, 0.3) is 11.3 Å². The molecule has 2 aromatic rings. The quantitative estimate of drug-likeness (QED) is 0.597. The zero-order chi connectivity index (χ0) is 26.6. The Morgan fingerprint density at radius 2 is 2.08 bits per heavy atom. The molecular formula is C31H36FN5O2. The second-order valence-corrected chi connectivity index (χ2v) is 12.3. The van der Waals surface area contributed by atoms with Crippen LogP contribution in [0.1, 0.15) is 55.3 Å². The molecule has 1 spiro atoms. The molecule has 4 heterocycles. The normalized spacial score (nSPS) is 28.2. The number of fused-ring (bicyclic) bond motifs is 4. The molecule has 2 aliphatic carbocycles. The number of nitriles is 1. The molecule has 5 aliphatic rings. The Balaban J connectivity index is 1.04. The lowest BCUT2D eigenvalue weighted by Crippen LogP contribution is -2.54. The zero-order valence-electron chi connectivity index (χ0n) is 22.3. The fourth-order valence-corrected chi connectivity index (χ4v) is 7.67. The van der Waals surface area contributed by atoms with Gasteiger partial charge >= 0.3 is 0 Å². The van der Waals surface area contributed by atoms with E-state index in [0.717, 1.165) is 82.5 Å². The predicted molar refractivity (Wildman–Crippen MR) is 144 cm³/mol. The van der Waals surface area contributed by atoms with Crippen LogP contribution < -0.4 is 10.6 Å². The van der Waals surface area contributed by atoms with Crippen LogP contribution in [-0.2, 0) is 27.8 Å². The van der Waals surface area contributed by atoms with Gasteiger partial charge in [0.25, 0.3) is 0 Å². The van der Waals surface area contributed by atoms with Crippen molar-refractivity contribution in [3.05, 3.63) is 53.0 Å². The third-order valence-electron chi connectivity index (χ3n) is 10.1. The average Bonchev–Trinajstić information content (AvgIpc) is 3.65. The van der Waals surface area contributed by atoms with Crippen molar-refractivity contribution < 1.29 is 13.9 Å². The van der Waals surface area contributed by atoms with Crippen LogP contribution in [0.2, 0.25) is 0 Å². The van der Waals surface area contributed by atoms with Crippen molar-refractivity contribution in [3.63, 3.8) is 0 Å². The van der Waals surface area contributed by atoms with Gasteiger partial charge in [0.1, 0.15) is 11.9 Å². The third kappa shape index (κ3) is 4.55. The summed E-state index contributed by atoms with van der Waals surface area (Å²) in [4.78, 5) is 20.5. The molecule has 2 N–H and O–H groups in total. The van der Waals surface area contributed by atoms with Crippen LogP contribution in [0.4, 0.5) is 4.39 Å². The van der Waals surface area contributed by atoms with Gasteiger partial charge in [0.2, 0.25) is 5.91 Å². The smallest absolute Gasteiger partial charge is 0.238 e. The first-order valence-electron chi connectivity index (χ1n) is 14.6. The van der Waals surface area contributed by atoms with Crippen LogP contribution in [0.5, 0.6) is 0 Å². The summed E-state index contributed by atoms with van der Waals surface area (Å²) in [6.07, 6.45) is 7.74. The minimum Gasteiger partial charge on any atom is -0.378 e. The van der Waals surface area contributed by atoms with E-state index in [0.29, 0.717) is 23.6 Å². The molecule has 7 nitrogen and oxygen atoms in total. The lowest BCUT2D eigenvalue weighted by Gasteiger charge is -2.45. The van der Waals surface area contributed by atoms with Gasteiger partial charge in [0, 0.05) is 23.4 Å². The highest BCUT2D eigenvalue weighted by molar-refractivity contribution is 5.83. The molecule has 1 aromatic carbocycles. The molecule has 3 aliphatic heterocycles. The molecular weight excluding hydrogens is 493 g/mol. The maximum Gasteiger partial charge on any atom is 0.238 e. The number of ether oxygens (including phenoxy) is 1. The molecule has 4 fully saturated rings. The molecule has 0 radical (unpaired) electrons. The van der Waals surface area contributed by atoms with E-state index < -0.39 is 6.04 Å². The average molecular weight is 530 g/mol. The van der Waals surface area contributed by atoms with Gasteiger partial charge in [-0.3, -0.25) is 14.7 Å². The monoisotopic (exact) mass is 529 g/mol. The maximum atomic E-state index is 15.3. The van der Waals surface area contributed by atoms with Crippen LogP contribution in [-0.4, -0.2) is 66.3 Å². The number of benzene rings is 1. The van der Waals surface area contributed by atoms with Crippen LogP contribution in [0, 0.1) is 23.1 Å². The van der Waals surface area contributed by atoms with Gasteiger partial charge in [0.05, 0.1) is 42.8 Å².